The van der Waals surface area contributed by atoms with Crippen molar-refractivity contribution in [2.45, 2.75) is 18.9 Å². The molecule has 1 atom stereocenters. The van der Waals surface area contributed by atoms with E-state index in [-0.39, 0.29) is 29.2 Å². The molecule has 0 radical (unpaired) electrons. The third-order valence-corrected chi connectivity index (χ3v) is 5.79. The number of hydrogen-bond donors (Lipinski definition) is 1. The van der Waals surface area contributed by atoms with Crippen LogP contribution in [-0.2, 0) is 0 Å². The molecule has 1 N–H and O–H groups in total. The number of nitrogens with zero attached hydrogens (tertiary/aromatic N) is 1. The van der Waals surface area contributed by atoms with E-state index in [2.05, 4.69) is 5.32 Å². The summed E-state index contributed by atoms with van der Waals surface area (Å²) in [6, 6.07) is 22.5. The Labute approximate surface area is 179 Å². The van der Waals surface area contributed by atoms with Crippen LogP contribution in [0.1, 0.15) is 34.8 Å². The highest BCUT2D eigenvalue weighted by atomic mass is 19.1. The van der Waals surface area contributed by atoms with Crippen LogP contribution in [0.4, 0.5) is 4.39 Å². The molecular weight excluding hydrogens is 391 g/mol. The normalized spacial score (nSPS) is 14.4. The Bertz CT molecular complexity index is 1330. The van der Waals surface area contributed by atoms with Gasteiger partial charge in [0.15, 0.2) is 0 Å². The van der Waals surface area contributed by atoms with E-state index >= 15 is 0 Å². The van der Waals surface area contributed by atoms with E-state index in [0.717, 1.165) is 18.4 Å². The van der Waals surface area contributed by atoms with E-state index in [9.17, 15) is 14.0 Å². The number of benzene rings is 3. The Morgan fingerprint density at radius 3 is 2.35 bits per heavy atom. The SMILES string of the molecule is O=C(NC(c1cccc(F)c1)C1CC1)c1cn(-c2ccccc2)c(=O)c2ccccc12. The van der Waals surface area contributed by atoms with Crippen LogP contribution in [0.25, 0.3) is 16.5 Å². The van der Waals surface area contributed by atoms with Gasteiger partial charge in [0.25, 0.3) is 11.5 Å². The third kappa shape index (κ3) is 3.75. The fourth-order valence-corrected chi connectivity index (χ4v) is 4.07. The van der Waals surface area contributed by atoms with Gasteiger partial charge in [0, 0.05) is 22.7 Å². The summed E-state index contributed by atoms with van der Waals surface area (Å²) in [6.07, 6.45) is 3.59. The molecule has 5 heteroatoms. The largest absolute Gasteiger partial charge is 0.345 e. The third-order valence-electron chi connectivity index (χ3n) is 5.79. The fourth-order valence-electron chi connectivity index (χ4n) is 4.07. The van der Waals surface area contributed by atoms with E-state index in [1.807, 2.05) is 42.5 Å². The maximum Gasteiger partial charge on any atom is 0.262 e. The summed E-state index contributed by atoms with van der Waals surface area (Å²) in [6.45, 7) is 0. The minimum absolute atomic E-state index is 0.178. The number of halogens is 1. The molecule has 1 fully saturated rings. The second-order valence-electron chi connectivity index (χ2n) is 7.94. The lowest BCUT2D eigenvalue weighted by Gasteiger charge is -2.20. The van der Waals surface area contributed by atoms with Crippen LogP contribution in [0.15, 0.2) is 89.9 Å². The monoisotopic (exact) mass is 412 g/mol. The zero-order valence-electron chi connectivity index (χ0n) is 16.8. The van der Waals surface area contributed by atoms with Gasteiger partial charge in [-0.05, 0) is 54.7 Å². The van der Waals surface area contributed by atoms with Crippen molar-refractivity contribution in [2.24, 2.45) is 5.92 Å². The van der Waals surface area contributed by atoms with E-state index in [0.29, 0.717) is 22.0 Å². The number of para-hydroxylation sites is 1. The molecule has 1 aromatic heterocycles. The number of carbonyl (C=O) groups excluding carboxylic acids is 1. The van der Waals surface area contributed by atoms with Gasteiger partial charge in [-0.25, -0.2) is 4.39 Å². The van der Waals surface area contributed by atoms with Gasteiger partial charge in [-0.1, -0.05) is 48.5 Å². The molecule has 31 heavy (non-hydrogen) atoms. The molecule has 0 saturated heterocycles. The Balaban J connectivity index is 1.60. The van der Waals surface area contributed by atoms with E-state index < -0.39 is 0 Å². The minimum atomic E-state index is -0.319. The van der Waals surface area contributed by atoms with Crippen molar-refractivity contribution in [3.8, 4) is 5.69 Å². The molecule has 0 bridgehead atoms. The zero-order chi connectivity index (χ0) is 21.4. The highest BCUT2D eigenvalue weighted by Gasteiger charge is 2.34. The van der Waals surface area contributed by atoms with Crippen LogP contribution in [0.2, 0.25) is 0 Å². The van der Waals surface area contributed by atoms with E-state index in [4.69, 9.17) is 0 Å². The second kappa shape index (κ2) is 7.84. The number of rotatable bonds is 5. The summed E-state index contributed by atoms with van der Waals surface area (Å²) in [5.74, 6) is -0.306. The number of nitrogens with one attached hydrogen (secondary N) is 1. The molecule has 4 nitrogen and oxygen atoms in total. The van der Waals surface area contributed by atoms with E-state index in [1.54, 1.807) is 30.5 Å². The molecule has 1 saturated carbocycles. The van der Waals surface area contributed by atoms with Crippen LogP contribution in [0, 0.1) is 11.7 Å². The maximum absolute atomic E-state index is 13.8. The van der Waals surface area contributed by atoms with Crippen molar-refractivity contribution in [3.05, 3.63) is 112 Å². The molecule has 0 aliphatic heterocycles. The van der Waals surface area contributed by atoms with Crippen LogP contribution in [-0.4, -0.2) is 10.5 Å². The zero-order valence-corrected chi connectivity index (χ0v) is 16.8. The van der Waals surface area contributed by atoms with Crippen molar-refractivity contribution in [3.63, 3.8) is 0 Å². The summed E-state index contributed by atoms with van der Waals surface area (Å²) in [5, 5.41) is 4.19. The van der Waals surface area contributed by atoms with Crippen LogP contribution >= 0.6 is 0 Å². The van der Waals surface area contributed by atoms with Gasteiger partial charge < -0.3 is 5.32 Å². The standard InChI is InChI=1S/C26H21FN2O2/c27-19-8-6-7-18(15-19)24(17-13-14-17)28-25(30)23-16-29(20-9-2-1-3-10-20)26(31)22-12-5-4-11-21(22)23/h1-12,15-17,24H,13-14H2,(H,28,30). The first-order chi connectivity index (χ1) is 15.1. The molecule has 1 unspecified atom stereocenters. The molecule has 154 valence electrons. The maximum atomic E-state index is 13.8. The summed E-state index contributed by atoms with van der Waals surface area (Å²) in [7, 11) is 0. The average Bonchev–Trinajstić information content (AvgIpc) is 3.63. The lowest BCUT2D eigenvalue weighted by atomic mass is 10.0. The van der Waals surface area contributed by atoms with Crippen LogP contribution in [0.3, 0.4) is 0 Å². The van der Waals surface area contributed by atoms with Crippen molar-refractivity contribution in [1.82, 2.24) is 9.88 Å². The summed E-state index contributed by atoms with van der Waals surface area (Å²) in [5.41, 5.74) is 1.69. The molecule has 1 aliphatic rings. The number of amides is 1. The topological polar surface area (TPSA) is 51.1 Å². The molecule has 1 aliphatic carbocycles. The number of pyridine rings is 1. The van der Waals surface area contributed by atoms with Crippen LogP contribution in [0.5, 0.6) is 0 Å². The first kappa shape index (κ1) is 19.2. The summed E-state index contributed by atoms with van der Waals surface area (Å²) in [4.78, 5) is 26.5. The number of carbonyl (C=O) groups is 1. The second-order valence-corrected chi connectivity index (χ2v) is 7.94. The van der Waals surface area contributed by atoms with Crippen LogP contribution < -0.4 is 10.9 Å². The molecule has 3 aromatic carbocycles. The van der Waals surface area contributed by atoms with Gasteiger partial charge in [0.2, 0.25) is 0 Å². The minimum Gasteiger partial charge on any atom is -0.345 e. The molecule has 4 aromatic rings. The Hall–Kier alpha value is -3.73. The Kier molecular flexibility index (Phi) is 4.86. The first-order valence-electron chi connectivity index (χ1n) is 10.4. The lowest BCUT2D eigenvalue weighted by molar-refractivity contribution is 0.0932. The molecular formula is C26H21FN2O2. The van der Waals surface area contributed by atoms with Crippen molar-refractivity contribution >= 4 is 16.7 Å². The highest BCUT2D eigenvalue weighted by Crippen LogP contribution is 2.41. The van der Waals surface area contributed by atoms with Crippen molar-refractivity contribution < 1.29 is 9.18 Å². The summed E-state index contributed by atoms with van der Waals surface area (Å²) < 4.78 is 15.3. The number of fused-ring (bicyclic) bond motifs is 1. The van der Waals surface area contributed by atoms with Gasteiger partial charge >= 0.3 is 0 Å². The Morgan fingerprint density at radius 2 is 1.65 bits per heavy atom. The smallest absolute Gasteiger partial charge is 0.262 e. The highest BCUT2D eigenvalue weighted by molar-refractivity contribution is 6.06. The van der Waals surface area contributed by atoms with Gasteiger partial charge in [-0.3, -0.25) is 14.2 Å². The summed E-state index contributed by atoms with van der Waals surface area (Å²) >= 11 is 0. The lowest BCUT2D eigenvalue weighted by Crippen LogP contribution is -2.31. The van der Waals surface area contributed by atoms with Gasteiger partial charge in [-0.2, -0.15) is 0 Å². The first-order valence-corrected chi connectivity index (χ1v) is 10.4. The van der Waals surface area contributed by atoms with Crippen molar-refractivity contribution in [2.75, 3.05) is 0 Å². The predicted molar refractivity (Wildman–Crippen MR) is 119 cm³/mol. The quantitative estimate of drug-likeness (QED) is 0.501. The van der Waals surface area contributed by atoms with Crippen molar-refractivity contribution in [1.29, 1.82) is 0 Å². The molecule has 5 rings (SSSR count). The van der Waals surface area contributed by atoms with Gasteiger partial charge in [-0.15, -0.1) is 0 Å². The molecule has 1 amide bonds. The predicted octanol–water partition coefficient (Wildman–Crippen LogP) is 5.01. The molecule has 0 spiro atoms. The van der Waals surface area contributed by atoms with Gasteiger partial charge in [0.1, 0.15) is 5.82 Å². The van der Waals surface area contributed by atoms with Gasteiger partial charge in [0.05, 0.1) is 11.6 Å². The fraction of sp³-hybridized carbons (Fsp3) is 0.154. The Morgan fingerprint density at radius 1 is 0.935 bits per heavy atom. The molecule has 1 heterocycles. The number of aromatic nitrogens is 1. The average molecular weight is 412 g/mol. The van der Waals surface area contributed by atoms with E-state index in [1.165, 1.54) is 16.7 Å². The number of hydrogen-bond acceptors (Lipinski definition) is 2.